The zero-order valence-electron chi connectivity index (χ0n) is 10.5. The van der Waals surface area contributed by atoms with Gasteiger partial charge in [-0.25, -0.2) is 4.39 Å². The Bertz CT molecular complexity index is 414. The molecule has 2 fully saturated rings. The third-order valence-electron chi connectivity index (χ3n) is 4.56. The normalized spacial score (nSPS) is 29.9. The van der Waals surface area contributed by atoms with Crippen LogP contribution < -0.4 is 5.32 Å². The van der Waals surface area contributed by atoms with Crippen LogP contribution >= 0.6 is 0 Å². The van der Waals surface area contributed by atoms with Crippen LogP contribution in [0.1, 0.15) is 31.2 Å². The summed E-state index contributed by atoms with van der Waals surface area (Å²) < 4.78 is 13.1. The van der Waals surface area contributed by atoms with Crippen molar-refractivity contribution in [2.45, 2.75) is 32.2 Å². The molecule has 2 N–H and O–H groups in total. The number of hydrogen-bond acceptors (Lipinski definition) is 2. The summed E-state index contributed by atoms with van der Waals surface area (Å²) in [4.78, 5) is 0. The number of aromatic hydroxyl groups is 1. The molecule has 0 spiro atoms. The molecule has 2 aliphatic carbocycles. The van der Waals surface area contributed by atoms with E-state index in [4.69, 9.17) is 0 Å². The molecule has 0 radical (unpaired) electrons. The first-order valence-electron chi connectivity index (χ1n) is 6.90. The lowest BCUT2D eigenvalue weighted by Crippen LogP contribution is -2.26. The number of fused-ring (bicyclic) bond motifs is 2. The highest BCUT2D eigenvalue weighted by Crippen LogP contribution is 2.47. The SMILES string of the molecule is Oc1cc(F)cc(CNCC2CC3CCC2C3)c1. The van der Waals surface area contributed by atoms with Crippen LogP contribution in [-0.4, -0.2) is 11.7 Å². The fourth-order valence-electron chi connectivity index (χ4n) is 3.76. The van der Waals surface area contributed by atoms with E-state index >= 15 is 0 Å². The van der Waals surface area contributed by atoms with Gasteiger partial charge in [0.25, 0.3) is 0 Å². The molecule has 3 heteroatoms. The van der Waals surface area contributed by atoms with Gasteiger partial charge in [0.15, 0.2) is 0 Å². The van der Waals surface area contributed by atoms with Crippen molar-refractivity contribution in [2.24, 2.45) is 17.8 Å². The van der Waals surface area contributed by atoms with Gasteiger partial charge in [-0.15, -0.1) is 0 Å². The molecule has 3 rings (SSSR count). The highest BCUT2D eigenvalue weighted by molar-refractivity contribution is 5.28. The third kappa shape index (κ3) is 2.51. The summed E-state index contributed by atoms with van der Waals surface area (Å²) >= 11 is 0. The lowest BCUT2D eigenvalue weighted by Gasteiger charge is -2.21. The third-order valence-corrected chi connectivity index (χ3v) is 4.56. The molecule has 2 bridgehead atoms. The molecule has 0 saturated heterocycles. The number of phenols is 1. The van der Waals surface area contributed by atoms with Gasteiger partial charge in [-0.05, 0) is 61.3 Å². The molecule has 1 aromatic carbocycles. The Morgan fingerprint density at radius 2 is 2.11 bits per heavy atom. The first-order valence-corrected chi connectivity index (χ1v) is 6.90. The van der Waals surface area contributed by atoms with Crippen LogP contribution in [0.5, 0.6) is 5.75 Å². The fourth-order valence-corrected chi connectivity index (χ4v) is 3.76. The largest absolute Gasteiger partial charge is 0.508 e. The Hall–Kier alpha value is -1.09. The van der Waals surface area contributed by atoms with E-state index in [1.807, 2.05) is 0 Å². The molecule has 3 unspecified atom stereocenters. The number of benzene rings is 1. The zero-order chi connectivity index (χ0) is 12.5. The maximum atomic E-state index is 13.1. The van der Waals surface area contributed by atoms with Crippen molar-refractivity contribution in [2.75, 3.05) is 6.54 Å². The Morgan fingerprint density at radius 1 is 1.22 bits per heavy atom. The maximum Gasteiger partial charge on any atom is 0.127 e. The van der Waals surface area contributed by atoms with Crippen molar-refractivity contribution in [3.8, 4) is 5.75 Å². The molecule has 2 aliphatic rings. The molecule has 2 saturated carbocycles. The zero-order valence-corrected chi connectivity index (χ0v) is 10.5. The summed E-state index contributed by atoms with van der Waals surface area (Å²) in [5.74, 6) is 2.34. The van der Waals surface area contributed by atoms with Crippen LogP contribution in [0.15, 0.2) is 18.2 Å². The van der Waals surface area contributed by atoms with Crippen LogP contribution in [0.25, 0.3) is 0 Å². The second-order valence-electron chi connectivity index (χ2n) is 5.88. The summed E-state index contributed by atoms with van der Waals surface area (Å²) in [7, 11) is 0. The minimum atomic E-state index is -0.369. The van der Waals surface area contributed by atoms with Gasteiger partial charge < -0.3 is 10.4 Å². The van der Waals surface area contributed by atoms with Crippen molar-refractivity contribution in [3.63, 3.8) is 0 Å². The maximum absolute atomic E-state index is 13.1. The van der Waals surface area contributed by atoms with Crippen molar-refractivity contribution >= 4 is 0 Å². The highest BCUT2D eigenvalue weighted by atomic mass is 19.1. The Labute approximate surface area is 107 Å². The minimum absolute atomic E-state index is 0.00623. The Balaban J connectivity index is 1.49. The van der Waals surface area contributed by atoms with Crippen LogP contribution in [0.4, 0.5) is 4.39 Å². The number of nitrogens with one attached hydrogen (secondary N) is 1. The van der Waals surface area contributed by atoms with Crippen LogP contribution in [-0.2, 0) is 6.54 Å². The van der Waals surface area contributed by atoms with Gasteiger partial charge in [-0.2, -0.15) is 0 Å². The molecule has 98 valence electrons. The van der Waals surface area contributed by atoms with Gasteiger partial charge in [0.05, 0.1) is 0 Å². The summed E-state index contributed by atoms with van der Waals surface area (Å²) in [6, 6.07) is 4.24. The van der Waals surface area contributed by atoms with E-state index in [0.29, 0.717) is 6.54 Å². The van der Waals surface area contributed by atoms with E-state index < -0.39 is 0 Å². The average molecular weight is 249 g/mol. The highest BCUT2D eigenvalue weighted by Gasteiger charge is 2.38. The summed E-state index contributed by atoms with van der Waals surface area (Å²) in [6.07, 6.45) is 5.62. The number of hydrogen-bond donors (Lipinski definition) is 2. The second kappa shape index (κ2) is 4.88. The minimum Gasteiger partial charge on any atom is -0.508 e. The number of rotatable bonds is 4. The van der Waals surface area contributed by atoms with Gasteiger partial charge in [0.1, 0.15) is 11.6 Å². The van der Waals surface area contributed by atoms with Crippen molar-refractivity contribution in [3.05, 3.63) is 29.6 Å². The standard InChI is InChI=1S/C15H20FNO/c16-14-5-11(6-15(18)7-14)8-17-9-13-4-10-1-2-12(13)3-10/h5-7,10,12-13,17-18H,1-4,8-9H2. The fraction of sp³-hybridized carbons (Fsp3) is 0.600. The lowest BCUT2D eigenvalue weighted by atomic mass is 9.89. The van der Waals surface area contributed by atoms with Crippen LogP contribution in [0.3, 0.4) is 0 Å². The van der Waals surface area contributed by atoms with E-state index in [1.54, 1.807) is 6.07 Å². The first kappa shape index (κ1) is 12.0. The van der Waals surface area contributed by atoms with Crippen molar-refractivity contribution in [1.82, 2.24) is 5.32 Å². The molecule has 0 aromatic heterocycles. The van der Waals surface area contributed by atoms with E-state index in [1.165, 1.54) is 31.7 Å². The summed E-state index contributed by atoms with van der Waals surface area (Å²) in [5, 5.41) is 12.7. The van der Waals surface area contributed by atoms with E-state index in [-0.39, 0.29) is 11.6 Å². The summed E-state index contributed by atoms with van der Waals surface area (Å²) in [6.45, 7) is 1.66. The number of phenolic OH excluding ortho intramolecular Hbond substituents is 1. The van der Waals surface area contributed by atoms with E-state index in [0.717, 1.165) is 35.9 Å². The molecule has 2 nitrogen and oxygen atoms in total. The molecular weight excluding hydrogens is 229 g/mol. The first-order chi connectivity index (χ1) is 8.70. The van der Waals surface area contributed by atoms with E-state index in [9.17, 15) is 9.50 Å². The van der Waals surface area contributed by atoms with E-state index in [2.05, 4.69) is 5.32 Å². The topological polar surface area (TPSA) is 32.3 Å². The van der Waals surface area contributed by atoms with Crippen LogP contribution in [0, 0.1) is 23.6 Å². The molecule has 18 heavy (non-hydrogen) atoms. The molecular formula is C15H20FNO. The van der Waals surface area contributed by atoms with Crippen LogP contribution in [0.2, 0.25) is 0 Å². The molecule has 0 aliphatic heterocycles. The lowest BCUT2D eigenvalue weighted by molar-refractivity contribution is 0.318. The van der Waals surface area contributed by atoms with Gasteiger partial charge in [0.2, 0.25) is 0 Å². The molecule has 3 atom stereocenters. The monoisotopic (exact) mass is 249 g/mol. The Kier molecular flexibility index (Phi) is 3.25. The molecule has 1 aromatic rings. The number of halogens is 1. The van der Waals surface area contributed by atoms with Crippen molar-refractivity contribution < 1.29 is 9.50 Å². The van der Waals surface area contributed by atoms with Crippen molar-refractivity contribution in [1.29, 1.82) is 0 Å². The smallest absolute Gasteiger partial charge is 0.127 e. The summed E-state index contributed by atoms with van der Waals surface area (Å²) in [5.41, 5.74) is 0.815. The predicted octanol–water partition coefficient (Wildman–Crippen LogP) is 3.06. The van der Waals surface area contributed by atoms with Gasteiger partial charge in [-0.3, -0.25) is 0 Å². The quantitative estimate of drug-likeness (QED) is 0.859. The predicted molar refractivity (Wildman–Crippen MR) is 68.7 cm³/mol. The molecule has 0 heterocycles. The second-order valence-corrected chi connectivity index (χ2v) is 5.88. The average Bonchev–Trinajstić information content (AvgIpc) is 2.89. The van der Waals surface area contributed by atoms with Gasteiger partial charge in [-0.1, -0.05) is 6.42 Å². The molecule has 0 amide bonds. The van der Waals surface area contributed by atoms with Gasteiger partial charge >= 0.3 is 0 Å². The Morgan fingerprint density at radius 3 is 2.78 bits per heavy atom. The van der Waals surface area contributed by atoms with Gasteiger partial charge in [0, 0.05) is 12.6 Å².